The van der Waals surface area contributed by atoms with Gasteiger partial charge in [-0.1, -0.05) is 42.5 Å². The topological polar surface area (TPSA) is 122 Å². The van der Waals surface area contributed by atoms with Crippen LogP contribution in [0.25, 0.3) is 0 Å². The first kappa shape index (κ1) is 19.6. The summed E-state index contributed by atoms with van der Waals surface area (Å²) in [5.41, 5.74) is 0.850. The predicted molar refractivity (Wildman–Crippen MR) is 95.0 cm³/mol. The van der Waals surface area contributed by atoms with Crippen LogP contribution in [0.3, 0.4) is 0 Å². The maximum Gasteiger partial charge on any atom is 0.325 e. The molecule has 0 spiro atoms. The molecule has 0 aromatic heterocycles. The third kappa shape index (κ3) is 6.28. The summed E-state index contributed by atoms with van der Waals surface area (Å²) < 4.78 is 5.06. The molecule has 0 aliphatic rings. The second-order valence-electron chi connectivity index (χ2n) is 5.45. The highest BCUT2D eigenvalue weighted by Crippen LogP contribution is 2.09. The van der Waals surface area contributed by atoms with Crippen molar-refractivity contribution in [1.29, 1.82) is 0 Å². The molecule has 2 aromatic carbocycles. The highest BCUT2D eigenvalue weighted by atomic mass is 16.5. The zero-order chi connectivity index (χ0) is 19.6. The number of carboxylic acids is 1. The summed E-state index contributed by atoms with van der Waals surface area (Å²) in [6.07, 6.45) is 0. The molecule has 0 unspecified atom stereocenters. The van der Waals surface area contributed by atoms with Gasteiger partial charge in [0.15, 0.2) is 0 Å². The van der Waals surface area contributed by atoms with Crippen LogP contribution < -0.4 is 10.6 Å². The fourth-order valence-electron chi connectivity index (χ4n) is 2.17. The van der Waals surface area contributed by atoms with Crippen LogP contribution in [0.1, 0.15) is 26.3 Å². The number of carboxylic acid groups (broad SMARTS) is 1. The van der Waals surface area contributed by atoms with Crippen LogP contribution >= 0.6 is 0 Å². The van der Waals surface area contributed by atoms with Gasteiger partial charge in [0.05, 0.1) is 11.1 Å². The average molecular weight is 370 g/mol. The van der Waals surface area contributed by atoms with Crippen LogP contribution in [-0.4, -0.2) is 41.9 Å². The summed E-state index contributed by atoms with van der Waals surface area (Å²) in [6.45, 7) is -0.846. The Morgan fingerprint density at radius 3 is 1.85 bits per heavy atom. The number of hydrogen-bond acceptors (Lipinski definition) is 5. The number of amides is 2. The molecule has 0 saturated carbocycles. The van der Waals surface area contributed by atoms with E-state index in [1.54, 1.807) is 24.3 Å². The molecule has 0 fully saturated rings. The molecule has 0 aliphatic heterocycles. The molecule has 0 aliphatic carbocycles. The number of carbonyl (C=O) groups excluding carboxylic acids is 3. The van der Waals surface area contributed by atoms with Crippen molar-refractivity contribution in [3.05, 3.63) is 71.3 Å². The molecule has 8 heteroatoms. The Bertz CT molecular complexity index is 835. The summed E-state index contributed by atoms with van der Waals surface area (Å²) in [7, 11) is 0. The molecular weight excluding hydrogens is 352 g/mol. The Balaban J connectivity index is 1.91. The molecule has 0 radical (unpaired) electrons. The van der Waals surface area contributed by atoms with Crippen LogP contribution in [0.4, 0.5) is 0 Å². The highest BCUT2D eigenvalue weighted by Gasteiger charge is 2.17. The Labute approximate surface area is 155 Å². The molecular formula is C19H18N2O6. The predicted octanol–water partition coefficient (Wildman–Crippen LogP) is 0.974. The van der Waals surface area contributed by atoms with Crippen molar-refractivity contribution in [1.82, 2.24) is 10.6 Å². The molecule has 0 saturated heterocycles. The second kappa shape index (κ2) is 9.71. The second-order valence-corrected chi connectivity index (χ2v) is 5.45. The number of ether oxygens (including phenoxy) is 1. The lowest BCUT2D eigenvalue weighted by atomic mass is 10.1. The standard InChI is InChI=1S/C19H18N2O6/c22-16(23)10-20-18(25)14-8-4-5-9-15(14)19(26)21-11-17(24)27-12-13-6-2-1-3-7-13/h1-9H,10-12H2,(H,20,25)(H,21,26)(H,22,23). The molecule has 3 N–H and O–H groups in total. The van der Waals surface area contributed by atoms with Crippen molar-refractivity contribution in [3.8, 4) is 0 Å². The quantitative estimate of drug-likeness (QED) is 0.596. The maximum absolute atomic E-state index is 12.3. The minimum Gasteiger partial charge on any atom is -0.480 e. The largest absolute Gasteiger partial charge is 0.480 e. The van der Waals surface area contributed by atoms with Gasteiger partial charge in [0, 0.05) is 0 Å². The lowest BCUT2D eigenvalue weighted by Crippen LogP contribution is -2.34. The Kier molecular flexibility index (Phi) is 7.07. The maximum atomic E-state index is 12.3. The SMILES string of the molecule is O=C(O)CNC(=O)c1ccccc1C(=O)NCC(=O)OCc1ccccc1. The molecule has 2 aromatic rings. The van der Waals surface area contributed by atoms with E-state index in [-0.39, 0.29) is 24.3 Å². The van der Waals surface area contributed by atoms with E-state index in [4.69, 9.17) is 9.84 Å². The van der Waals surface area contributed by atoms with Crippen molar-refractivity contribution < 1.29 is 29.0 Å². The molecule has 0 bridgehead atoms. The first-order valence-electron chi connectivity index (χ1n) is 8.04. The van der Waals surface area contributed by atoms with E-state index in [0.29, 0.717) is 0 Å². The van der Waals surface area contributed by atoms with Crippen molar-refractivity contribution in [2.75, 3.05) is 13.1 Å². The van der Waals surface area contributed by atoms with E-state index in [2.05, 4.69) is 10.6 Å². The van der Waals surface area contributed by atoms with Gasteiger partial charge in [-0.05, 0) is 17.7 Å². The van der Waals surface area contributed by atoms with Crippen molar-refractivity contribution in [2.24, 2.45) is 0 Å². The van der Waals surface area contributed by atoms with Crippen molar-refractivity contribution in [3.63, 3.8) is 0 Å². The molecule has 27 heavy (non-hydrogen) atoms. The minimum absolute atomic E-state index is 0.00824. The summed E-state index contributed by atoms with van der Waals surface area (Å²) in [5, 5.41) is 13.2. The molecule has 0 atom stereocenters. The van der Waals surface area contributed by atoms with Crippen molar-refractivity contribution in [2.45, 2.75) is 6.61 Å². The number of esters is 1. The van der Waals surface area contributed by atoms with E-state index < -0.39 is 30.3 Å². The normalized spacial score (nSPS) is 9.93. The fourth-order valence-corrected chi connectivity index (χ4v) is 2.17. The van der Waals surface area contributed by atoms with Crippen molar-refractivity contribution >= 4 is 23.8 Å². The molecule has 0 heterocycles. The van der Waals surface area contributed by atoms with E-state index in [1.807, 2.05) is 18.2 Å². The van der Waals surface area contributed by atoms with Gasteiger partial charge in [0.2, 0.25) is 0 Å². The van der Waals surface area contributed by atoms with E-state index in [1.165, 1.54) is 12.1 Å². The smallest absolute Gasteiger partial charge is 0.325 e. The minimum atomic E-state index is -1.20. The first-order valence-corrected chi connectivity index (χ1v) is 8.04. The van der Waals surface area contributed by atoms with Crippen LogP contribution in [0.2, 0.25) is 0 Å². The molecule has 2 amide bonds. The zero-order valence-electron chi connectivity index (χ0n) is 14.3. The van der Waals surface area contributed by atoms with Gasteiger partial charge in [0.25, 0.3) is 11.8 Å². The third-order valence-corrected chi connectivity index (χ3v) is 3.45. The zero-order valence-corrected chi connectivity index (χ0v) is 14.3. The highest BCUT2D eigenvalue weighted by molar-refractivity contribution is 6.08. The van der Waals surface area contributed by atoms with Gasteiger partial charge in [-0.25, -0.2) is 0 Å². The molecule has 140 valence electrons. The van der Waals surface area contributed by atoms with Crippen LogP contribution in [0.5, 0.6) is 0 Å². The van der Waals surface area contributed by atoms with Gasteiger partial charge in [-0.2, -0.15) is 0 Å². The average Bonchev–Trinajstić information content (AvgIpc) is 2.69. The van der Waals surface area contributed by atoms with E-state index in [9.17, 15) is 19.2 Å². The van der Waals surface area contributed by atoms with Crippen LogP contribution in [-0.2, 0) is 20.9 Å². The fraction of sp³-hybridized carbons (Fsp3) is 0.158. The summed E-state index contributed by atoms with van der Waals surface area (Å²) in [6, 6.07) is 15.0. The number of benzene rings is 2. The number of hydrogen-bond donors (Lipinski definition) is 3. The first-order chi connectivity index (χ1) is 13.0. The number of nitrogens with one attached hydrogen (secondary N) is 2. The van der Waals surface area contributed by atoms with Gasteiger partial charge < -0.3 is 20.5 Å². The molecule has 8 nitrogen and oxygen atoms in total. The monoisotopic (exact) mass is 370 g/mol. The summed E-state index contributed by atoms with van der Waals surface area (Å²) in [4.78, 5) is 46.6. The number of rotatable bonds is 8. The Morgan fingerprint density at radius 1 is 0.778 bits per heavy atom. The van der Waals surface area contributed by atoms with E-state index in [0.717, 1.165) is 5.56 Å². The molecule has 2 rings (SSSR count). The third-order valence-electron chi connectivity index (χ3n) is 3.45. The lowest BCUT2D eigenvalue weighted by Gasteiger charge is -2.10. The van der Waals surface area contributed by atoms with Gasteiger partial charge in [-0.3, -0.25) is 19.2 Å². The summed E-state index contributed by atoms with van der Waals surface area (Å²) >= 11 is 0. The summed E-state index contributed by atoms with van der Waals surface area (Å²) in [5.74, 6) is -3.17. The number of aliphatic carboxylic acids is 1. The van der Waals surface area contributed by atoms with E-state index >= 15 is 0 Å². The van der Waals surface area contributed by atoms with Crippen LogP contribution in [0, 0.1) is 0 Å². The van der Waals surface area contributed by atoms with Gasteiger partial charge in [-0.15, -0.1) is 0 Å². The Hall–Kier alpha value is -3.68. The lowest BCUT2D eigenvalue weighted by molar-refractivity contribution is -0.143. The Morgan fingerprint density at radius 2 is 1.30 bits per heavy atom. The van der Waals surface area contributed by atoms with Crippen LogP contribution in [0.15, 0.2) is 54.6 Å². The van der Waals surface area contributed by atoms with Gasteiger partial charge in [0.1, 0.15) is 19.7 Å². The number of carbonyl (C=O) groups is 4. The van der Waals surface area contributed by atoms with Gasteiger partial charge >= 0.3 is 11.9 Å².